The minimum atomic E-state index is -1.41. The lowest BCUT2D eigenvalue weighted by atomic mass is 9.35. The Morgan fingerprint density at radius 1 is 0.541 bits per heavy atom. The van der Waals surface area contributed by atoms with Gasteiger partial charge in [-0.1, -0.05) is 180 Å². The van der Waals surface area contributed by atoms with Crippen LogP contribution in [0.25, 0.3) is 16.5 Å². The van der Waals surface area contributed by atoms with Gasteiger partial charge in [-0.2, -0.15) is 0 Å². The van der Waals surface area contributed by atoms with Gasteiger partial charge in [0.05, 0.1) is 25.1 Å². The molecule has 0 saturated carbocycles. The van der Waals surface area contributed by atoms with Crippen LogP contribution in [0, 0.1) is 0 Å². The Bertz CT molecular complexity index is 3360. The van der Waals surface area contributed by atoms with Crippen LogP contribution in [0.1, 0.15) is 194 Å². The Kier molecular flexibility index (Phi) is 11.2. The quantitative estimate of drug-likeness (QED) is 0.164. The molecule has 5 aromatic carbocycles. The van der Waals surface area contributed by atoms with Gasteiger partial charge in [0.25, 0.3) is 6.71 Å². The maximum atomic E-state index is 7.76. The van der Waals surface area contributed by atoms with Crippen LogP contribution in [-0.2, 0) is 37.9 Å². The average Bonchev–Trinajstić information content (AvgIpc) is 3.68. The third kappa shape index (κ3) is 8.09. The zero-order valence-corrected chi connectivity index (χ0v) is 50.2. The monoisotopic (exact) mass is 999 g/mol. The van der Waals surface area contributed by atoms with E-state index in [0.29, 0.717) is 5.54 Å². The van der Waals surface area contributed by atoms with Crippen molar-refractivity contribution in [3.05, 3.63) is 142 Å². The molecule has 2 aliphatic heterocycles. The fourth-order valence-corrected chi connectivity index (χ4v) is 15.1. The summed E-state index contributed by atoms with van der Waals surface area (Å²) in [4.78, 5) is 5.36. The maximum absolute atomic E-state index is 7.76. The lowest BCUT2D eigenvalue weighted by Crippen LogP contribution is -2.61. The number of benzene rings is 5. The van der Waals surface area contributed by atoms with Crippen LogP contribution >= 0.6 is 0 Å². The van der Waals surface area contributed by atoms with Gasteiger partial charge in [-0.25, -0.2) is 0 Å². The lowest BCUT2D eigenvalue weighted by molar-refractivity contribution is 0.332. The SMILES string of the molecule is CC(C)(C)c1ccc(N2c3cc(C(C)(C)C)cc4c3B(c3cc5c(cc3N4c3ccc(C(C)(C)C)cc3C3=CCC([Si](C)(C)C)C=C3)C(C)(C)CCC5(C)C)c3oc4cc5c(cc4c32)C(C)(C)CCC5(C)C)cc1. The standard InChI is InChI=1S/C69H87BN2OSi/c1-63(2,3)43-23-26-46(27-24-43)71-57-36-45(65(7,8)9)37-58-60(57)70(62-61(71)49-38-50-53(41-59(49)73-62)69(16,17)34-31-66(50,10)11)54-39-51-52(68(14,15)33-32-67(51,12)13)40-56(54)72(58)55-30-25-44(64(4,5)6)35-48(55)42-21-28-47(29-22-42)74(18,19)20/h21-28,30,35-41,47H,29,31-34H2,1-20H3. The summed E-state index contributed by atoms with van der Waals surface area (Å²) in [6.07, 6.45) is 13.3. The number of hydrogen-bond acceptors (Lipinski definition) is 3. The van der Waals surface area contributed by atoms with E-state index in [-0.39, 0.29) is 44.6 Å². The second kappa shape index (κ2) is 16.3. The fourth-order valence-electron chi connectivity index (χ4n) is 13.6. The zero-order chi connectivity index (χ0) is 53.4. The number of furan rings is 1. The smallest absolute Gasteiger partial charge is 0.297 e. The molecule has 0 radical (unpaired) electrons. The molecule has 3 heterocycles. The summed E-state index contributed by atoms with van der Waals surface area (Å²) in [5.41, 5.74) is 25.2. The molecular weight excluding hydrogens is 912 g/mol. The predicted octanol–water partition coefficient (Wildman–Crippen LogP) is 18.2. The number of hydrogen-bond donors (Lipinski definition) is 0. The molecule has 11 rings (SSSR count). The van der Waals surface area contributed by atoms with E-state index in [9.17, 15) is 0 Å². The Hall–Kier alpha value is -5.00. The zero-order valence-electron chi connectivity index (χ0n) is 49.2. The van der Waals surface area contributed by atoms with Gasteiger partial charge in [0.2, 0.25) is 0 Å². The molecule has 5 aliphatic rings. The second-order valence-corrected chi connectivity index (χ2v) is 36.0. The molecule has 0 N–H and O–H groups in total. The molecule has 0 fully saturated rings. The highest BCUT2D eigenvalue weighted by molar-refractivity contribution is 7.00. The molecule has 1 aromatic heterocycles. The van der Waals surface area contributed by atoms with Crippen LogP contribution < -0.4 is 26.4 Å². The first-order valence-electron chi connectivity index (χ1n) is 28.4. The molecule has 6 aromatic rings. The number of allylic oxidation sites excluding steroid dienone is 4. The van der Waals surface area contributed by atoms with Crippen molar-refractivity contribution in [1.82, 2.24) is 0 Å². The Morgan fingerprint density at radius 3 is 1.58 bits per heavy atom. The first-order chi connectivity index (χ1) is 34.2. The predicted molar refractivity (Wildman–Crippen MR) is 326 cm³/mol. The topological polar surface area (TPSA) is 19.6 Å². The van der Waals surface area contributed by atoms with Crippen molar-refractivity contribution in [2.45, 2.75) is 213 Å². The highest BCUT2D eigenvalue weighted by atomic mass is 28.3. The van der Waals surface area contributed by atoms with Gasteiger partial charge in [0.1, 0.15) is 5.58 Å². The van der Waals surface area contributed by atoms with Crippen molar-refractivity contribution in [3.8, 4) is 0 Å². The van der Waals surface area contributed by atoms with Gasteiger partial charge in [0.15, 0.2) is 0 Å². The van der Waals surface area contributed by atoms with E-state index in [0.717, 1.165) is 43.3 Å². The highest BCUT2D eigenvalue weighted by Crippen LogP contribution is 2.55. The number of fused-ring (bicyclic) bond motifs is 8. The molecular formula is C69H87BN2OSi. The van der Waals surface area contributed by atoms with Crippen molar-refractivity contribution >= 4 is 82.0 Å². The Balaban J connectivity index is 1.30. The van der Waals surface area contributed by atoms with E-state index in [1.54, 1.807) is 0 Å². The van der Waals surface area contributed by atoms with Gasteiger partial charge >= 0.3 is 0 Å². The van der Waals surface area contributed by atoms with Gasteiger partial charge in [-0.15, -0.1) is 0 Å². The Labute approximate surface area is 448 Å². The van der Waals surface area contributed by atoms with Crippen LogP contribution in [-0.4, -0.2) is 14.8 Å². The van der Waals surface area contributed by atoms with Crippen LogP contribution in [0.4, 0.5) is 34.1 Å². The summed E-state index contributed by atoms with van der Waals surface area (Å²) in [5, 5.41) is 1.22. The molecule has 1 unspecified atom stereocenters. The van der Waals surface area contributed by atoms with Gasteiger partial charge < -0.3 is 14.2 Å². The molecule has 3 aliphatic carbocycles. The summed E-state index contributed by atoms with van der Waals surface area (Å²) in [6.45, 7) is 48.5. The summed E-state index contributed by atoms with van der Waals surface area (Å²) in [5.74, 6) is 0. The van der Waals surface area contributed by atoms with E-state index in [2.05, 4.69) is 244 Å². The number of anilines is 6. The first kappa shape index (κ1) is 51.1. The first-order valence-corrected chi connectivity index (χ1v) is 32.0. The second-order valence-electron chi connectivity index (χ2n) is 30.5. The summed E-state index contributed by atoms with van der Waals surface area (Å²) in [7, 11) is -1.41. The lowest BCUT2D eigenvalue weighted by Gasteiger charge is -2.47. The molecule has 0 spiro atoms. The van der Waals surface area contributed by atoms with E-state index in [1.165, 1.54) is 101 Å². The van der Waals surface area contributed by atoms with Gasteiger partial charge in [-0.05, 0) is 186 Å². The van der Waals surface area contributed by atoms with Crippen molar-refractivity contribution < 1.29 is 4.42 Å². The van der Waals surface area contributed by atoms with Gasteiger partial charge in [0, 0.05) is 33.7 Å². The van der Waals surface area contributed by atoms with E-state index in [1.807, 2.05) is 0 Å². The van der Waals surface area contributed by atoms with Crippen LogP contribution in [0.2, 0.25) is 25.2 Å². The molecule has 5 heteroatoms. The number of nitrogens with zero attached hydrogens (tertiary/aromatic N) is 2. The highest BCUT2D eigenvalue weighted by Gasteiger charge is 2.50. The summed E-state index contributed by atoms with van der Waals surface area (Å²) < 4.78 is 7.76. The minimum absolute atomic E-state index is 0.00937. The molecule has 74 heavy (non-hydrogen) atoms. The number of rotatable bonds is 4. The van der Waals surface area contributed by atoms with E-state index >= 15 is 0 Å². The largest absolute Gasteiger partial charge is 0.468 e. The third-order valence-corrected chi connectivity index (χ3v) is 21.7. The van der Waals surface area contributed by atoms with Crippen molar-refractivity contribution in [3.63, 3.8) is 0 Å². The Morgan fingerprint density at radius 2 is 1.05 bits per heavy atom. The summed E-state index contributed by atoms with van der Waals surface area (Å²) in [6, 6.07) is 32.5. The van der Waals surface area contributed by atoms with Crippen LogP contribution in [0.5, 0.6) is 0 Å². The van der Waals surface area contributed by atoms with Crippen LogP contribution in [0.15, 0.2) is 102 Å². The van der Waals surface area contributed by atoms with E-state index < -0.39 is 8.07 Å². The van der Waals surface area contributed by atoms with Crippen LogP contribution in [0.3, 0.4) is 0 Å². The molecule has 3 nitrogen and oxygen atoms in total. The fraction of sp³-hybridized carbons (Fsp3) is 0.478. The molecule has 0 amide bonds. The van der Waals surface area contributed by atoms with Crippen molar-refractivity contribution in [2.75, 3.05) is 9.80 Å². The molecule has 386 valence electrons. The molecule has 0 bridgehead atoms. The third-order valence-electron chi connectivity index (χ3n) is 19.1. The molecule has 0 saturated heterocycles. The van der Waals surface area contributed by atoms with E-state index in [4.69, 9.17) is 4.42 Å². The molecule has 1 atom stereocenters. The van der Waals surface area contributed by atoms with Crippen molar-refractivity contribution in [2.24, 2.45) is 0 Å². The van der Waals surface area contributed by atoms with Crippen molar-refractivity contribution in [1.29, 1.82) is 0 Å². The average molecular weight is 999 g/mol. The maximum Gasteiger partial charge on any atom is 0.297 e. The summed E-state index contributed by atoms with van der Waals surface area (Å²) >= 11 is 0. The van der Waals surface area contributed by atoms with Gasteiger partial charge in [-0.3, -0.25) is 0 Å². The minimum Gasteiger partial charge on any atom is -0.468 e. The normalized spacial score (nSPS) is 20.4.